The van der Waals surface area contributed by atoms with Crippen LogP contribution in [0.4, 0.5) is 0 Å². The second-order valence-corrected chi connectivity index (χ2v) is 5.67. The molecule has 7 nitrogen and oxygen atoms in total. The van der Waals surface area contributed by atoms with E-state index in [-0.39, 0.29) is 18.4 Å². The molecule has 2 amide bonds. The summed E-state index contributed by atoms with van der Waals surface area (Å²) in [7, 11) is 3.39. The lowest BCUT2D eigenvalue weighted by molar-refractivity contribution is -0.144. The average Bonchev–Trinajstić information content (AvgIpc) is 2.70. The van der Waals surface area contributed by atoms with Crippen molar-refractivity contribution >= 4 is 11.8 Å². The molecule has 0 spiro atoms. The van der Waals surface area contributed by atoms with Crippen molar-refractivity contribution < 1.29 is 14.3 Å². The number of carbonyl (C=O) groups excluding carboxylic acids is 2. The molecule has 0 saturated carbocycles. The third-order valence-corrected chi connectivity index (χ3v) is 3.94. The molecule has 1 saturated heterocycles. The summed E-state index contributed by atoms with van der Waals surface area (Å²) in [6, 6.07) is 0. The number of likely N-dealkylation sites (tertiary alicyclic amines) is 1. The van der Waals surface area contributed by atoms with Gasteiger partial charge in [-0.3, -0.25) is 14.3 Å². The first-order chi connectivity index (χ1) is 10.5. The Balaban J connectivity index is 1.87. The van der Waals surface area contributed by atoms with Gasteiger partial charge in [-0.05, 0) is 26.2 Å². The maximum absolute atomic E-state index is 12.3. The molecular weight excluding hydrogens is 284 g/mol. The first-order valence-corrected chi connectivity index (χ1v) is 7.58. The van der Waals surface area contributed by atoms with Crippen molar-refractivity contribution in [3.63, 3.8) is 0 Å². The zero-order valence-corrected chi connectivity index (χ0v) is 13.5. The Hall–Kier alpha value is -1.89. The average molecular weight is 308 g/mol. The number of rotatable bonds is 5. The zero-order valence-electron chi connectivity index (χ0n) is 13.5. The van der Waals surface area contributed by atoms with Crippen LogP contribution in [-0.4, -0.2) is 52.8 Å². The van der Waals surface area contributed by atoms with Gasteiger partial charge in [-0.15, -0.1) is 0 Å². The highest BCUT2D eigenvalue weighted by atomic mass is 16.5. The van der Waals surface area contributed by atoms with E-state index >= 15 is 0 Å². The van der Waals surface area contributed by atoms with Gasteiger partial charge in [0.05, 0.1) is 12.2 Å². The van der Waals surface area contributed by atoms with Gasteiger partial charge in [0.15, 0.2) is 0 Å². The van der Waals surface area contributed by atoms with Crippen molar-refractivity contribution in [1.29, 1.82) is 0 Å². The fourth-order valence-electron chi connectivity index (χ4n) is 2.69. The highest BCUT2D eigenvalue weighted by molar-refractivity contribution is 5.87. The van der Waals surface area contributed by atoms with Crippen LogP contribution < -0.4 is 5.32 Å². The Morgan fingerprint density at radius 2 is 2.27 bits per heavy atom. The molecule has 1 atom stereocenters. The van der Waals surface area contributed by atoms with E-state index in [4.69, 9.17) is 4.74 Å². The molecule has 1 aliphatic heterocycles. The van der Waals surface area contributed by atoms with E-state index in [1.54, 1.807) is 9.58 Å². The van der Waals surface area contributed by atoms with Crippen LogP contribution >= 0.6 is 0 Å². The number of hydrogen-bond donors (Lipinski definition) is 1. The van der Waals surface area contributed by atoms with Crippen LogP contribution in [0.5, 0.6) is 0 Å². The highest BCUT2D eigenvalue weighted by Crippen LogP contribution is 2.14. The maximum atomic E-state index is 12.3. The summed E-state index contributed by atoms with van der Waals surface area (Å²) in [6.45, 7) is 3.02. The Labute approximate surface area is 130 Å². The Bertz CT molecular complexity index is 541. The maximum Gasteiger partial charge on any atom is 0.252 e. The molecule has 122 valence electrons. The molecule has 0 aromatic carbocycles. The lowest BCUT2D eigenvalue weighted by Gasteiger charge is -2.23. The minimum Gasteiger partial charge on any atom is -0.372 e. The SMILES string of the molecule is COC1CCCCN(CC(=O)NCc2cn(C)nc2C)C1=O. The van der Waals surface area contributed by atoms with Crippen molar-refractivity contribution in [2.24, 2.45) is 7.05 Å². The van der Waals surface area contributed by atoms with Crippen LogP contribution in [0.1, 0.15) is 30.5 Å². The standard InChI is InChI=1S/C15H24N4O3/c1-11-12(9-18(2)17-11)8-16-14(20)10-19-7-5-4-6-13(22-3)15(19)21/h9,13H,4-8,10H2,1-3H3,(H,16,20). The third-order valence-electron chi connectivity index (χ3n) is 3.94. The number of nitrogens with one attached hydrogen (secondary N) is 1. The molecule has 7 heteroatoms. The van der Waals surface area contributed by atoms with E-state index in [0.29, 0.717) is 13.1 Å². The molecule has 1 aliphatic rings. The van der Waals surface area contributed by atoms with Crippen LogP contribution in [0, 0.1) is 6.92 Å². The van der Waals surface area contributed by atoms with Crippen LogP contribution in [0.2, 0.25) is 0 Å². The summed E-state index contributed by atoms with van der Waals surface area (Å²) in [4.78, 5) is 25.9. The lowest BCUT2D eigenvalue weighted by atomic mass is 10.2. The summed E-state index contributed by atoms with van der Waals surface area (Å²) >= 11 is 0. The quantitative estimate of drug-likeness (QED) is 0.853. The van der Waals surface area contributed by atoms with Crippen molar-refractivity contribution in [3.8, 4) is 0 Å². The van der Waals surface area contributed by atoms with Gasteiger partial charge in [0, 0.05) is 39.0 Å². The number of methoxy groups -OCH3 is 1. The monoisotopic (exact) mass is 308 g/mol. The summed E-state index contributed by atoms with van der Waals surface area (Å²) in [5.74, 6) is -0.249. The van der Waals surface area contributed by atoms with E-state index in [9.17, 15) is 9.59 Å². The van der Waals surface area contributed by atoms with Crippen molar-refractivity contribution in [2.75, 3.05) is 20.2 Å². The molecule has 2 rings (SSSR count). The number of hydrogen-bond acceptors (Lipinski definition) is 4. The van der Waals surface area contributed by atoms with Gasteiger partial charge in [-0.2, -0.15) is 5.10 Å². The van der Waals surface area contributed by atoms with E-state index in [2.05, 4.69) is 10.4 Å². The van der Waals surface area contributed by atoms with E-state index in [1.165, 1.54) is 7.11 Å². The number of carbonyl (C=O) groups is 2. The van der Waals surface area contributed by atoms with Gasteiger partial charge < -0.3 is 15.0 Å². The first-order valence-electron chi connectivity index (χ1n) is 7.58. The van der Waals surface area contributed by atoms with E-state index < -0.39 is 6.10 Å². The normalized spacial score (nSPS) is 19.1. The minimum absolute atomic E-state index is 0.0814. The third kappa shape index (κ3) is 4.07. The Morgan fingerprint density at radius 3 is 2.91 bits per heavy atom. The Kier molecular flexibility index (Phi) is 5.54. The lowest BCUT2D eigenvalue weighted by Crippen LogP contribution is -2.44. The van der Waals surface area contributed by atoms with Crippen LogP contribution in [0.15, 0.2) is 6.20 Å². The molecule has 0 radical (unpaired) electrons. The summed E-state index contributed by atoms with van der Waals surface area (Å²) in [5.41, 5.74) is 1.88. The smallest absolute Gasteiger partial charge is 0.252 e. The van der Waals surface area contributed by atoms with Gasteiger partial charge >= 0.3 is 0 Å². The van der Waals surface area contributed by atoms with Crippen molar-refractivity contribution in [2.45, 2.75) is 38.8 Å². The fourth-order valence-corrected chi connectivity index (χ4v) is 2.69. The molecule has 2 heterocycles. The van der Waals surface area contributed by atoms with Gasteiger partial charge in [-0.25, -0.2) is 0 Å². The number of aromatic nitrogens is 2. The Morgan fingerprint density at radius 1 is 1.50 bits per heavy atom. The summed E-state index contributed by atoms with van der Waals surface area (Å²) in [6.07, 6.45) is 4.03. The molecule has 0 bridgehead atoms. The predicted octanol–water partition coefficient (Wildman–Crippen LogP) is 0.372. The van der Waals surface area contributed by atoms with Gasteiger partial charge in [0.1, 0.15) is 6.10 Å². The highest BCUT2D eigenvalue weighted by Gasteiger charge is 2.27. The summed E-state index contributed by atoms with van der Waals surface area (Å²) in [5, 5.41) is 7.08. The molecular formula is C15H24N4O3. The number of amides is 2. The molecule has 0 aliphatic carbocycles. The van der Waals surface area contributed by atoms with Gasteiger partial charge in [0.25, 0.3) is 5.91 Å². The number of nitrogens with zero attached hydrogens (tertiary/aromatic N) is 3. The summed E-state index contributed by atoms with van der Waals surface area (Å²) < 4.78 is 6.93. The van der Waals surface area contributed by atoms with Gasteiger partial charge in [0.2, 0.25) is 5.91 Å². The molecule has 1 aromatic heterocycles. The fraction of sp³-hybridized carbons (Fsp3) is 0.667. The first kappa shape index (κ1) is 16.5. The second-order valence-electron chi connectivity index (χ2n) is 5.67. The topological polar surface area (TPSA) is 76.5 Å². The molecule has 1 aromatic rings. The predicted molar refractivity (Wildman–Crippen MR) is 81.0 cm³/mol. The molecule has 1 fully saturated rings. The second kappa shape index (κ2) is 7.40. The van der Waals surface area contributed by atoms with E-state index in [0.717, 1.165) is 30.5 Å². The zero-order chi connectivity index (χ0) is 16.1. The largest absolute Gasteiger partial charge is 0.372 e. The van der Waals surface area contributed by atoms with E-state index in [1.807, 2.05) is 20.2 Å². The van der Waals surface area contributed by atoms with Crippen molar-refractivity contribution in [1.82, 2.24) is 20.0 Å². The van der Waals surface area contributed by atoms with Crippen LogP contribution in [0.25, 0.3) is 0 Å². The van der Waals surface area contributed by atoms with Crippen molar-refractivity contribution in [3.05, 3.63) is 17.5 Å². The van der Waals surface area contributed by atoms with Crippen LogP contribution in [-0.2, 0) is 27.9 Å². The molecule has 1 N–H and O–H groups in total. The minimum atomic E-state index is -0.420. The number of ether oxygens (including phenoxy) is 1. The molecule has 1 unspecified atom stereocenters. The van der Waals surface area contributed by atoms with Crippen LogP contribution in [0.3, 0.4) is 0 Å². The van der Waals surface area contributed by atoms with Gasteiger partial charge in [-0.1, -0.05) is 0 Å². The number of aryl methyl sites for hydroxylation is 2. The molecule has 22 heavy (non-hydrogen) atoms.